The SMILES string of the molecule is C=CCN(CCO)C(=O)NC(CC(=O)O)C(=O)O. The molecule has 0 aromatic heterocycles. The minimum Gasteiger partial charge on any atom is -0.481 e. The summed E-state index contributed by atoms with van der Waals surface area (Å²) < 4.78 is 0. The predicted octanol–water partition coefficient (Wildman–Crippen LogP) is -0.896. The quantitative estimate of drug-likeness (QED) is 0.419. The highest BCUT2D eigenvalue weighted by atomic mass is 16.4. The topological polar surface area (TPSA) is 127 Å². The molecule has 0 aliphatic carbocycles. The van der Waals surface area contributed by atoms with E-state index in [4.69, 9.17) is 15.3 Å². The van der Waals surface area contributed by atoms with Crippen molar-refractivity contribution in [3.63, 3.8) is 0 Å². The number of aliphatic hydroxyl groups excluding tert-OH is 1. The van der Waals surface area contributed by atoms with Crippen molar-refractivity contribution in [1.29, 1.82) is 0 Å². The number of carboxylic acids is 2. The third kappa shape index (κ3) is 5.85. The minimum absolute atomic E-state index is 0.00271. The monoisotopic (exact) mass is 260 g/mol. The van der Waals surface area contributed by atoms with Gasteiger partial charge in [0.15, 0.2) is 0 Å². The number of carboxylic acid groups (broad SMARTS) is 2. The third-order valence-corrected chi connectivity index (χ3v) is 1.98. The molecule has 0 fully saturated rings. The summed E-state index contributed by atoms with van der Waals surface area (Å²) in [5.41, 5.74) is 0. The summed E-state index contributed by atoms with van der Waals surface area (Å²) in [5, 5.41) is 28.1. The van der Waals surface area contributed by atoms with Crippen LogP contribution in [0.25, 0.3) is 0 Å². The number of nitrogens with zero attached hydrogens (tertiary/aromatic N) is 1. The van der Waals surface area contributed by atoms with E-state index in [1.54, 1.807) is 0 Å². The Labute approximate surface area is 104 Å². The van der Waals surface area contributed by atoms with E-state index in [-0.39, 0.29) is 19.7 Å². The third-order valence-electron chi connectivity index (χ3n) is 1.98. The molecule has 0 radical (unpaired) electrons. The lowest BCUT2D eigenvalue weighted by molar-refractivity contribution is -0.145. The number of nitrogens with one attached hydrogen (secondary N) is 1. The van der Waals surface area contributed by atoms with Gasteiger partial charge in [-0.25, -0.2) is 9.59 Å². The zero-order valence-corrected chi connectivity index (χ0v) is 9.70. The van der Waals surface area contributed by atoms with Gasteiger partial charge >= 0.3 is 18.0 Å². The van der Waals surface area contributed by atoms with Gasteiger partial charge in [0.25, 0.3) is 0 Å². The number of urea groups is 1. The average molecular weight is 260 g/mol. The minimum atomic E-state index is -1.51. The second-order valence-corrected chi connectivity index (χ2v) is 3.40. The van der Waals surface area contributed by atoms with Gasteiger partial charge in [0.05, 0.1) is 13.0 Å². The van der Waals surface area contributed by atoms with E-state index in [9.17, 15) is 14.4 Å². The van der Waals surface area contributed by atoms with E-state index in [1.807, 2.05) is 0 Å². The number of amides is 2. The maximum absolute atomic E-state index is 11.6. The molecule has 8 heteroatoms. The average Bonchev–Trinajstić information content (AvgIpc) is 2.27. The Balaban J connectivity index is 4.58. The molecular weight excluding hydrogens is 244 g/mol. The van der Waals surface area contributed by atoms with Crippen molar-refractivity contribution in [2.45, 2.75) is 12.5 Å². The van der Waals surface area contributed by atoms with Gasteiger partial charge in [-0.3, -0.25) is 4.79 Å². The molecule has 0 saturated carbocycles. The molecule has 2 amide bonds. The Kier molecular flexibility index (Phi) is 7.13. The fraction of sp³-hybridized carbons (Fsp3) is 0.500. The molecule has 0 saturated heterocycles. The lowest BCUT2D eigenvalue weighted by atomic mass is 10.2. The van der Waals surface area contributed by atoms with Gasteiger partial charge < -0.3 is 25.5 Å². The lowest BCUT2D eigenvalue weighted by Gasteiger charge is -2.22. The summed E-state index contributed by atoms with van der Waals surface area (Å²) in [6.45, 7) is 3.23. The number of hydrogen-bond acceptors (Lipinski definition) is 4. The van der Waals surface area contributed by atoms with Crippen LogP contribution in [-0.2, 0) is 9.59 Å². The van der Waals surface area contributed by atoms with E-state index in [1.165, 1.54) is 6.08 Å². The Hall–Kier alpha value is -2.09. The maximum Gasteiger partial charge on any atom is 0.326 e. The molecule has 0 spiro atoms. The predicted molar refractivity (Wildman–Crippen MR) is 61.1 cm³/mol. The fourth-order valence-corrected chi connectivity index (χ4v) is 1.17. The standard InChI is InChI=1S/C10H16N2O6/c1-2-3-12(4-5-13)10(18)11-7(9(16)17)6-8(14)15/h2,7,13H,1,3-6H2,(H,11,18)(H,14,15)(H,16,17). The lowest BCUT2D eigenvalue weighted by Crippen LogP contribution is -2.49. The summed E-state index contributed by atoms with van der Waals surface area (Å²) in [4.78, 5) is 33.9. The highest BCUT2D eigenvalue weighted by Gasteiger charge is 2.24. The van der Waals surface area contributed by atoms with Crippen LogP contribution < -0.4 is 5.32 Å². The first-order valence-corrected chi connectivity index (χ1v) is 5.14. The number of hydrogen-bond donors (Lipinski definition) is 4. The second kappa shape index (κ2) is 8.07. The van der Waals surface area contributed by atoms with Gasteiger partial charge in [0.2, 0.25) is 0 Å². The number of aliphatic carboxylic acids is 2. The Morgan fingerprint density at radius 1 is 1.33 bits per heavy atom. The first kappa shape index (κ1) is 15.9. The van der Waals surface area contributed by atoms with Gasteiger partial charge in [-0.1, -0.05) is 6.08 Å². The molecule has 4 N–H and O–H groups in total. The van der Waals surface area contributed by atoms with E-state index < -0.39 is 30.4 Å². The Bertz CT molecular complexity index is 330. The second-order valence-electron chi connectivity index (χ2n) is 3.40. The van der Waals surface area contributed by atoms with Crippen molar-refractivity contribution >= 4 is 18.0 Å². The van der Waals surface area contributed by atoms with Crippen molar-refractivity contribution in [2.75, 3.05) is 19.7 Å². The van der Waals surface area contributed by atoms with Gasteiger partial charge in [-0.15, -0.1) is 6.58 Å². The Morgan fingerprint density at radius 2 is 1.94 bits per heavy atom. The van der Waals surface area contributed by atoms with Crippen LogP contribution in [0.15, 0.2) is 12.7 Å². The first-order valence-electron chi connectivity index (χ1n) is 5.14. The Morgan fingerprint density at radius 3 is 2.33 bits per heavy atom. The maximum atomic E-state index is 11.6. The number of carbonyl (C=O) groups is 3. The van der Waals surface area contributed by atoms with Crippen LogP contribution in [0.2, 0.25) is 0 Å². The van der Waals surface area contributed by atoms with Crippen molar-refractivity contribution in [2.24, 2.45) is 0 Å². The number of carbonyl (C=O) groups excluding carboxylic acids is 1. The van der Waals surface area contributed by atoms with Crippen LogP contribution in [-0.4, -0.2) is 63.9 Å². The molecule has 102 valence electrons. The molecule has 0 aromatic carbocycles. The van der Waals surface area contributed by atoms with Crippen LogP contribution in [0.4, 0.5) is 4.79 Å². The smallest absolute Gasteiger partial charge is 0.326 e. The van der Waals surface area contributed by atoms with Gasteiger partial charge in [0.1, 0.15) is 6.04 Å². The number of rotatable bonds is 8. The molecule has 0 aliphatic rings. The molecule has 0 rings (SSSR count). The highest BCUT2D eigenvalue weighted by molar-refractivity contribution is 5.86. The van der Waals surface area contributed by atoms with Crippen LogP contribution in [0.1, 0.15) is 6.42 Å². The molecule has 8 nitrogen and oxygen atoms in total. The zero-order valence-electron chi connectivity index (χ0n) is 9.70. The molecular formula is C10H16N2O6. The molecule has 1 unspecified atom stereocenters. The van der Waals surface area contributed by atoms with E-state index in [0.29, 0.717) is 0 Å². The summed E-state index contributed by atoms with van der Waals surface area (Å²) in [5.74, 6) is -2.77. The normalized spacial score (nSPS) is 11.4. The molecule has 0 heterocycles. The van der Waals surface area contributed by atoms with E-state index >= 15 is 0 Å². The molecule has 1 atom stereocenters. The first-order chi connectivity index (χ1) is 8.42. The van der Waals surface area contributed by atoms with Crippen molar-refractivity contribution < 1.29 is 29.7 Å². The van der Waals surface area contributed by atoms with Crippen LogP contribution >= 0.6 is 0 Å². The summed E-state index contributed by atoms with van der Waals surface area (Å²) in [6, 6.07) is -2.28. The van der Waals surface area contributed by atoms with Gasteiger partial charge in [-0.05, 0) is 0 Å². The highest BCUT2D eigenvalue weighted by Crippen LogP contribution is 1.97. The van der Waals surface area contributed by atoms with Crippen molar-refractivity contribution in [1.82, 2.24) is 10.2 Å². The summed E-state index contributed by atoms with van der Waals surface area (Å²) >= 11 is 0. The van der Waals surface area contributed by atoms with Crippen LogP contribution in [0.5, 0.6) is 0 Å². The molecule has 0 aromatic rings. The van der Waals surface area contributed by atoms with Gasteiger partial charge in [0, 0.05) is 13.1 Å². The van der Waals surface area contributed by atoms with E-state index in [2.05, 4.69) is 11.9 Å². The zero-order chi connectivity index (χ0) is 14.1. The molecule has 0 bridgehead atoms. The van der Waals surface area contributed by atoms with Crippen LogP contribution in [0.3, 0.4) is 0 Å². The summed E-state index contributed by atoms with van der Waals surface area (Å²) in [7, 11) is 0. The van der Waals surface area contributed by atoms with Gasteiger partial charge in [-0.2, -0.15) is 0 Å². The number of aliphatic hydroxyl groups is 1. The fourth-order valence-electron chi connectivity index (χ4n) is 1.17. The summed E-state index contributed by atoms with van der Waals surface area (Å²) in [6.07, 6.45) is 0.685. The van der Waals surface area contributed by atoms with Crippen molar-refractivity contribution in [3.05, 3.63) is 12.7 Å². The van der Waals surface area contributed by atoms with Crippen molar-refractivity contribution in [3.8, 4) is 0 Å². The largest absolute Gasteiger partial charge is 0.481 e. The molecule has 0 aliphatic heterocycles. The van der Waals surface area contributed by atoms with E-state index in [0.717, 1.165) is 4.90 Å². The molecule has 18 heavy (non-hydrogen) atoms. The van der Waals surface area contributed by atoms with Crippen LogP contribution in [0, 0.1) is 0 Å².